The van der Waals surface area contributed by atoms with Crippen LogP contribution in [0.5, 0.6) is 0 Å². The van der Waals surface area contributed by atoms with Gasteiger partial charge in [-0.05, 0) is 71.0 Å². The summed E-state index contributed by atoms with van der Waals surface area (Å²) in [5, 5.41) is 2.10. The van der Waals surface area contributed by atoms with Crippen LogP contribution in [0.15, 0.2) is 170 Å². The fraction of sp³-hybridized carbons (Fsp3) is 0. The Balaban J connectivity index is 1.66. The van der Waals surface area contributed by atoms with Gasteiger partial charge in [-0.25, -0.2) is 0 Å². The molecule has 0 nitrogen and oxygen atoms in total. The minimum atomic E-state index is -3.21. The highest BCUT2D eigenvalue weighted by molar-refractivity contribution is 7.14. The molecule has 0 amide bonds. The Kier molecular flexibility index (Phi) is 9.18. The first-order chi connectivity index (χ1) is 22.3. The second kappa shape index (κ2) is 14.3. The third kappa shape index (κ3) is 7.23. The molecule has 0 N–H and O–H groups in total. The van der Waals surface area contributed by atoms with Gasteiger partial charge in [0.2, 0.25) is 0 Å². The first-order valence-corrected chi connectivity index (χ1v) is 16.8. The summed E-state index contributed by atoms with van der Waals surface area (Å²) in [7, 11) is -3.21. The van der Waals surface area contributed by atoms with E-state index in [2.05, 4.69) is 83.0 Å². The van der Waals surface area contributed by atoms with E-state index in [1.165, 1.54) is 0 Å². The quantitative estimate of drug-likeness (QED) is 0.149. The van der Waals surface area contributed by atoms with Crippen molar-refractivity contribution < 1.29 is 0 Å². The average Bonchev–Trinajstić information content (AvgIpc) is 3.12. The minimum absolute atomic E-state index is 0.920. The molecular weight excluding hydrogens is 557 g/mol. The first-order valence-electron chi connectivity index (χ1n) is 14.8. The molecule has 208 valence electrons. The first kappa shape index (κ1) is 28.9. The van der Waals surface area contributed by atoms with E-state index >= 15 is 0 Å². The van der Waals surface area contributed by atoms with Crippen molar-refractivity contribution in [1.82, 2.24) is 0 Å². The van der Waals surface area contributed by atoms with Crippen LogP contribution in [0.4, 0.5) is 0 Å². The van der Waals surface area contributed by atoms with Crippen LogP contribution in [0.2, 0.25) is 0 Å². The summed E-state index contributed by atoms with van der Waals surface area (Å²) < 4.78 is 0. The zero-order chi connectivity index (χ0) is 30.6. The minimum Gasteiger partial charge on any atom is -0.0988 e. The van der Waals surface area contributed by atoms with Crippen LogP contribution in [0, 0.1) is 46.6 Å². The predicted molar refractivity (Wildman–Crippen MR) is 189 cm³/mol. The zero-order valence-corrected chi connectivity index (χ0v) is 25.7. The highest BCUT2D eigenvalue weighted by Gasteiger charge is 2.38. The Morgan fingerprint density at radius 1 is 0.267 bits per heavy atom. The van der Waals surface area contributed by atoms with E-state index in [0.29, 0.717) is 0 Å². The van der Waals surface area contributed by atoms with E-state index in [-0.39, 0.29) is 0 Å². The van der Waals surface area contributed by atoms with E-state index in [4.69, 9.17) is 0 Å². The van der Waals surface area contributed by atoms with Crippen molar-refractivity contribution in [2.45, 2.75) is 0 Å². The Bertz CT molecular complexity index is 1990. The van der Waals surface area contributed by atoms with Crippen LogP contribution in [-0.4, -0.2) is 8.07 Å². The van der Waals surface area contributed by atoms with E-state index in [1.54, 1.807) is 0 Å². The average molecular weight is 585 g/mol. The van der Waals surface area contributed by atoms with Gasteiger partial charge < -0.3 is 0 Å². The molecule has 0 aliphatic heterocycles. The maximum Gasteiger partial charge on any atom is 0.279 e. The second-order valence-corrected chi connectivity index (χ2v) is 13.4. The number of benzene rings is 6. The van der Waals surface area contributed by atoms with E-state index in [9.17, 15) is 0 Å². The molecule has 6 rings (SSSR count). The fourth-order valence-corrected chi connectivity index (χ4v) is 8.33. The predicted octanol–water partition coefficient (Wildman–Crippen LogP) is 7.23. The molecule has 0 radical (unpaired) electrons. The van der Waals surface area contributed by atoms with Crippen LogP contribution in [-0.2, 0) is 0 Å². The summed E-state index contributed by atoms with van der Waals surface area (Å²) in [6.07, 6.45) is 0. The molecule has 6 aromatic carbocycles. The molecule has 0 saturated carbocycles. The topological polar surface area (TPSA) is 0 Å². The van der Waals surface area contributed by atoms with Gasteiger partial charge in [0.15, 0.2) is 0 Å². The molecule has 0 aromatic heterocycles. The zero-order valence-electron chi connectivity index (χ0n) is 24.7. The summed E-state index contributed by atoms with van der Waals surface area (Å²) in [4.78, 5) is 0. The van der Waals surface area contributed by atoms with Gasteiger partial charge in [-0.2, -0.15) is 0 Å². The molecule has 0 heterocycles. The standard InChI is InChI=1S/C44H28Si/c1-5-17-37(18-6-1)29-31-41-25-13-15-27-43(41)45(35-33-39-21-9-3-10-22-39,36-34-40-23-11-4-12-24-40)44-28-16-14-26-42(44)32-30-38-19-7-2-8-20-38/h1-28H. The molecule has 0 aliphatic carbocycles. The molecule has 6 aromatic rings. The number of hydrogen-bond donors (Lipinski definition) is 0. The number of rotatable bonds is 2. The van der Waals surface area contributed by atoms with Gasteiger partial charge in [0.1, 0.15) is 0 Å². The molecule has 0 saturated heterocycles. The normalized spacial score (nSPS) is 9.96. The Labute approximate surface area is 267 Å². The molecule has 0 fully saturated rings. The third-order valence-corrected chi connectivity index (χ3v) is 10.7. The number of hydrogen-bond acceptors (Lipinski definition) is 0. The van der Waals surface area contributed by atoms with Crippen molar-refractivity contribution in [3.8, 4) is 46.6 Å². The molecular formula is C44H28Si. The van der Waals surface area contributed by atoms with Crippen molar-refractivity contribution >= 4 is 18.4 Å². The highest BCUT2D eigenvalue weighted by Crippen LogP contribution is 2.13. The van der Waals surface area contributed by atoms with Gasteiger partial charge in [-0.3, -0.25) is 0 Å². The molecule has 1 heteroatoms. The second-order valence-electron chi connectivity index (χ2n) is 10.3. The molecule has 0 atom stereocenters. The van der Waals surface area contributed by atoms with E-state index < -0.39 is 8.07 Å². The maximum absolute atomic E-state index is 3.81. The van der Waals surface area contributed by atoms with Crippen LogP contribution in [0.3, 0.4) is 0 Å². The van der Waals surface area contributed by atoms with Crippen LogP contribution >= 0.6 is 0 Å². The Hall–Kier alpha value is -6.22. The monoisotopic (exact) mass is 584 g/mol. The van der Waals surface area contributed by atoms with Crippen LogP contribution in [0.1, 0.15) is 33.4 Å². The summed E-state index contributed by atoms with van der Waals surface area (Å²) in [6.45, 7) is 0. The summed E-state index contributed by atoms with van der Waals surface area (Å²) in [6, 6.07) is 57.1. The van der Waals surface area contributed by atoms with Crippen molar-refractivity contribution in [2.75, 3.05) is 0 Å². The molecule has 0 unspecified atom stereocenters. The van der Waals surface area contributed by atoms with Crippen LogP contribution in [0.25, 0.3) is 0 Å². The van der Waals surface area contributed by atoms with Crippen molar-refractivity contribution in [3.05, 3.63) is 203 Å². The molecule has 0 bridgehead atoms. The van der Waals surface area contributed by atoms with Crippen molar-refractivity contribution in [2.24, 2.45) is 0 Å². The maximum atomic E-state index is 3.81. The largest absolute Gasteiger partial charge is 0.279 e. The lowest BCUT2D eigenvalue weighted by Gasteiger charge is -2.24. The van der Waals surface area contributed by atoms with Gasteiger partial charge in [0.05, 0.1) is 0 Å². The van der Waals surface area contributed by atoms with Gasteiger partial charge in [0, 0.05) is 33.4 Å². The highest BCUT2D eigenvalue weighted by atomic mass is 28.3. The van der Waals surface area contributed by atoms with E-state index in [0.717, 1.165) is 43.8 Å². The van der Waals surface area contributed by atoms with Gasteiger partial charge >= 0.3 is 0 Å². The molecule has 0 aliphatic rings. The smallest absolute Gasteiger partial charge is 0.0988 e. The summed E-state index contributed by atoms with van der Waals surface area (Å²) in [5.74, 6) is 20.8. The summed E-state index contributed by atoms with van der Waals surface area (Å²) in [5.41, 5.74) is 13.3. The van der Waals surface area contributed by atoms with Gasteiger partial charge in [-0.1, -0.05) is 156 Å². The van der Waals surface area contributed by atoms with Crippen molar-refractivity contribution in [3.63, 3.8) is 0 Å². The Morgan fingerprint density at radius 2 is 0.556 bits per heavy atom. The lowest BCUT2D eigenvalue weighted by Crippen LogP contribution is -2.59. The third-order valence-electron chi connectivity index (χ3n) is 7.23. The molecule has 45 heavy (non-hydrogen) atoms. The van der Waals surface area contributed by atoms with Crippen molar-refractivity contribution in [1.29, 1.82) is 0 Å². The fourth-order valence-electron chi connectivity index (χ4n) is 4.98. The lowest BCUT2D eigenvalue weighted by atomic mass is 10.2. The van der Waals surface area contributed by atoms with E-state index in [1.807, 2.05) is 133 Å². The van der Waals surface area contributed by atoms with Crippen LogP contribution < -0.4 is 10.4 Å². The Morgan fingerprint density at radius 3 is 0.911 bits per heavy atom. The lowest BCUT2D eigenvalue weighted by molar-refractivity contribution is 1.62. The molecule has 0 spiro atoms. The summed E-state index contributed by atoms with van der Waals surface area (Å²) >= 11 is 0. The SMILES string of the molecule is C(#Cc1ccccc1[Si](C#Cc1ccccc1)(C#Cc1ccccc1)c1ccccc1C#Cc1ccccc1)c1ccccc1. The van der Waals surface area contributed by atoms with Gasteiger partial charge in [-0.15, -0.1) is 0 Å². The van der Waals surface area contributed by atoms with Gasteiger partial charge in [0.25, 0.3) is 8.07 Å².